The third-order valence-electron chi connectivity index (χ3n) is 2.50. The maximum Gasteiger partial charge on any atom is 0.390 e. The molecule has 0 spiro atoms. The van der Waals surface area contributed by atoms with E-state index in [-0.39, 0.29) is 24.9 Å². The standard InChI is InChI=1S/C11H21F3N2O/c1-8(2)6-9(7-15)10(17)16(3)5-4-11(12,13)14/h8-9H,4-7,15H2,1-3H3. The highest BCUT2D eigenvalue weighted by Crippen LogP contribution is 2.20. The summed E-state index contributed by atoms with van der Waals surface area (Å²) in [5, 5.41) is 0. The number of carbonyl (C=O) groups excluding carboxylic acids is 1. The number of hydrogen-bond acceptors (Lipinski definition) is 2. The van der Waals surface area contributed by atoms with E-state index in [0.29, 0.717) is 12.3 Å². The normalized spacial score (nSPS) is 13.9. The number of carbonyl (C=O) groups is 1. The zero-order chi connectivity index (χ0) is 13.6. The zero-order valence-electron chi connectivity index (χ0n) is 10.5. The smallest absolute Gasteiger partial charge is 0.345 e. The van der Waals surface area contributed by atoms with Gasteiger partial charge in [-0.25, -0.2) is 0 Å². The molecule has 0 aromatic heterocycles. The van der Waals surface area contributed by atoms with Crippen molar-refractivity contribution in [1.82, 2.24) is 4.90 Å². The lowest BCUT2D eigenvalue weighted by Gasteiger charge is -2.24. The van der Waals surface area contributed by atoms with Crippen molar-refractivity contribution in [3.8, 4) is 0 Å². The van der Waals surface area contributed by atoms with Gasteiger partial charge in [-0.3, -0.25) is 4.79 Å². The molecule has 0 aliphatic carbocycles. The maximum atomic E-state index is 12.0. The predicted octanol–water partition coefficient (Wildman–Crippen LogP) is 2.02. The monoisotopic (exact) mass is 254 g/mol. The van der Waals surface area contributed by atoms with Gasteiger partial charge in [-0.1, -0.05) is 13.8 Å². The average molecular weight is 254 g/mol. The van der Waals surface area contributed by atoms with E-state index in [4.69, 9.17) is 5.73 Å². The molecule has 1 unspecified atom stereocenters. The van der Waals surface area contributed by atoms with Gasteiger partial charge in [-0.15, -0.1) is 0 Å². The van der Waals surface area contributed by atoms with Gasteiger partial charge >= 0.3 is 6.18 Å². The first kappa shape index (κ1) is 16.2. The zero-order valence-corrected chi connectivity index (χ0v) is 10.5. The Labute approximate surface area is 100 Å². The number of hydrogen-bond donors (Lipinski definition) is 1. The SMILES string of the molecule is CC(C)CC(CN)C(=O)N(C)CCC(F)(F)F. The predicted molar refractivity (Wildman–Crippen MR) is 60.3 cm³/mol. The number of halogens is 3. The third-order valence-corrected chi connectivity index (χ3v) is 2.50. The van der Waals surface area contributed by atoms with Crippen LogP contribution in [0.25, 0.3) is 0 Å². The van der Waals surface area contributed by atoms with Crippen LogP contribution in [0.4, 0.5) is 13.2 Å². The summed E-state index contributed by atoms with van der Waals surface area (Å²) in [5.41, 5.74) is 5.47. The number of nitrogens with two attached hydrogens (primary N) is 1. The fourth-order valence-electron chi connectivity index (χ4n) is 1.58. The first-order valence-electron chi connectivity index (χ1n) is 5.69. The molecule has 6 heteroatoms. The minimum atomic E-state index is -4.23. The number of alkyl halides is 3. The Morgan fingerprint density at radius 1 is 1.35 bits per heavy atom. The maximum absolute atomic E-state index is 12.0. The molecule has 0 fully saturated rings. The lowest BCUT2D eigenvalue weighted by molar-refractivity contribution is -0.146. The molecule has 17 heavy (non-hydrogen) atoms. The number of amides is 1. The van der Waals surface area contributed by atoms with Crippen LogP contribution in [0, 0.1) is 11.8 Å². The molecule has 0 heterocycles. The first-order chi connectivity index (χ1) is 7.67. The van der Waals surface area contributed by atoms with Crippen molar-refractivity contribution in [2.75, 3.05) is 20.1 Å². The van der Waals surface area contributed by atoms with Crippen molar-refractivity contribution < 1.29 is 18.0 Å². The van der Waals surface area contributed by atoms with Gasteiger partial charge in [0.25, 0.3) is 0 Å². The Hall–Kier alpha value is -0.780. The van der Waals surface area contributed by atoms with Crippen LogP contribution < -0.4 is 5.73 Å². The summed E-state index contributed by atoms with van der Waals surface area (Å²) < 4.78 is 36.0. The van der Waals surface area contributed by atoms with Crippen LogP contribution in [-0.2, 0) is 4.79 Å². The second kappa shape index (κ2) is 6.83. The average Bonchev–Trinajstić information content (AvgIpc) is 2.20. The van der Waals surface area contributed by atoms with Crippen LogP contribution in [0.2, 0.25) is 0 Å². The summed E-state index contributed by atoms with van der Waals surface area (Å²) in [7, 11) is 1.39. The van der Waals surface area contributed by atoms with E-state index in [2.05, 4.69) is 0 Å². The van der Waals surface area contributed by atoms with Crippen molar-refractivity contribution in [2.24, 2.45) is 17.6 Å². The van der Waals surface area contributed by atoms with E-state index < -0.39 is 12.6 Å². The van der Waals surface area contributed by atoms with E-state index in [0.717, 1.165) is 4.90 Å². The van der Waals surface area contributed by atoms with Gasteiger partial charge in [0.15, 0.2) is 0 Å². The summed E-state index contributed by atoms with van der Waals surface area (Å²) >= 11 is 0. The van der Waals surface area contributed by atoms with Crippen LogP contribution >= 0.6 is 0 Å². The highest BCUT2D eigenvalue weighted by Gasteiger charge is 2.29. The van der Waals surface area contributed by atoms with Crippen LogP contribution in [0.3, 0.4) is 0 Å². The molecule has 102 valence electrons. The molecule has 1 atom stereocenters. The van der Waals surface area contributed by atoms with Gasteiger partial charge in [-0.05, 0) is 12.3 Å². The molecule has 0 aromatic rings. The Morgan fingerprint density at radius 2 is 1.88 bits per heavy atom. The molecule has 0 saturated heterocycles. The van der Waals surface area contributed by atoms with E-state index in [1.54, 1.807) is 0 Å². The molecule has 1 amide bonds. The largest absolute Gasteiger partial charge is 0.390 e. The van der Waals surface area contributed by atoms with Gasteiger partial charge in [0.2, 0.25) is 5.91 Å². The van der Waals surface area contributed by atoms with Crippen molar-refractivity contribution in [3.05, 3.63) is 0 Å². The topological polar surface area (TPSA) is 46.3 Å². The van der Waals surface area contributed by atoms with Crippen LogP contribution in [0.15, 0.2) is 0 Å². The molecule has 0 radical (unpaired) electrons. The number of rotatable bonds is 6. The summed E-state index contributed by atoms with van der Waals surface area (Å²) in [5.74, 6) is -0.387. The quantitative estimate of drug-likeness (QED) is 0.788. The Bertz CT molecular complexity index is 241. The van der Waals surface area contributed by atoms with E-state index >= 15 is 0 Å². The summed E-state index contributed by atoms with van der Waals surface area (Å²) in [6.45, 7) is 3.77. The van der Waals surface area contributed by atoms with Gasteiger partial charge in [0.05, 0.1) is 12.3 Å². The van der Waals surface area contributed by atoms with Crippen molar-refractivity contribution in [3.63, 3.8) is 0 Å². The summed E-state index contributed by atoms with van der Waals surface area (Å²) in [4.78, 5) is 12.9. The minimum absolute atomic E-state index is 0.174. The second-order valence-corrected chi connectivity index (χ2v) is 4.69. The molecule has 0 aliphatic rings. The fraction of sp³-hybridized carbons (Fsp3) is 0.909. The third kappa shape index (κ3) is 7.20. The molecular formula is C11H21F3N2O. The molecule has 0 bridgehead atoms. The summed E-state index contributed by atoms with van der Waals surface area (Å²) in [6.07, 6.45) is -4.61. The Balaban J connectivity index is 4.26. The molecule has 0 aliphatic heterocycles. The van der Waals surface area contributed by atoms with Gasteiger partial charge in [0.1, 0.15) is 0 Å². The molecule has 0 saturated carbocycles. The Morgan fingerprint density at radius 3 is 2.24 bits per heavy atom. The first-order valence-corrected chi connectivity index (χ1v) is 5.69. The van der Waals surface area contributed by atoms with Crippen LogP contribution in [0.1, 0.15) is 26.7 Å². The van der Waals surface area contributed by atoms with Gasteiger partial charge in [-0.2, -0.15) is 13.2 Å². The van der Waals surface area contributed by atoms with E-state index in [1.165, 1.54) is 7.05 Å². The Kier molecular flexibility index (Phi) is 6.52. The van der Waals surface area contributed by atoms with Crippen LogP contribution in [0.5, 0.6) is 0 Å². The second-order valence-electron chi connectivity index (χ2n) is 4.69. The lowest BCUT2D eigenvalue weighted by Crippen LogP contribution is -2.38. The van der Waals surface area contributed by atoms with Crippen molar-refractivity contribution in [1.29, 1.82) is 0 Å². The highest BCUT2D eigenvalue weighted by molar-refractivity contribution is 5.78. The molecule has 2 N–H and O–H groups in total. The van der Waals surface area contributed by atoms with Crippen molar-refractivity contribution in [2.45, 2.75) is 32.9 Å². The summed E-state index contributed by atoms with van der Waals surface area (Å²) in [6, 6.07) is 0. The lowest BCUT2D eigenvalue weighted by atomic mass is 9.96. The minimum Gasteiger partial charge on any atom is -0.345 e. The number of nitrogens with zero attached hydrogens (tertiary/aromatic N) is 1. The fourth-order valence-corrected chi connectivity index (χ4v) is 1.58. The molecule has 0 aromatic carbocycles. The van der Waals surface area contributed by atoms with E-state index in [1.807, 2.05) is 13.8 Å². The van der Waals surface area contributed by atoms with E-state index in [9.17, 15) is 18.0 Å². The van der Waals surface area contributed by atoms with Gasteiger partial charge in [0, 0.05) is 20.1 Å². The highest BCUT2D eigenvalue weighted by atomic mass is 19.4. The van der Waals surface area contributed by atoms with Gasteiger partial charge < -0.3 is 10.6 Å². The molecule has 0 rings (SSSR count). The van der Waals surface area contributed by atoms with Crippen LogP contribution in [-0.4, -0.2) is 37.1 Å². The molecular weight excluding hydrogens is 233 g/mol. The molecule has 3 nitrogen and oxygen atoms in total. The van der Waals surface area contributed by atoms with Crippen molar-refractivity contribution >= 4 is 5.91 Å².